The summed E-state index contributed by atoms with van der Waals surface area (Å²) in [5.74, 6) is -2.27. The average molecular weight is 389 g/mol. The van der Waals surface area contributed by atoms with Crippen LogP contribution in [0.1, 0.15) is 27.7 Å². The van der Waals surface area contributed by atoms with Crippen LogP contribution in [0.25, 0.3) is 0 Å². The predicted molar refractivity (Wildman–Crippen MR) is 93.6 cm³/mol. The zero-order valence-electron chi connectivity index (χ0n) is 14.3. The van der Waals surface area contributed by atoms with E-state index in [1.807, 2.05) is 0 Å². The zero-order chi connectivity index (χ0) is 20.1. The van der Waals surface area contributed by atoms with Crippen LogP contribution in [0.15, 0.2) is 59.7 Å². The van der Waals surface area contributed by atoms with Crippen LogP contribution < -0.4 is 15.6 Å². The number of carbonyl (C=O) groups is 1. The van der Waals surface area contributed by atoms with Crippen molar-refractivity contribution in [1.29, 1.82) is 0 Å². The Morgan fingerprint density at radius 3 is 2.61 bits per heavy atom. The van der Waals surface area contributed by atoms with Crippen molar-refractivity contribution in [3.8, 4) is 5.75 Å². The molecule has 0 aliphatic carbocycles. The van der Waals surface area contributed by atoms with E-state index in [-0.39, 0.29) is 28.1 Å². The molecule has 144 valence electrons. The first-order chi connectivity index (χ1) is 13.5. The first kappa shape index (κ1) is 19.2. The molecule has 1 atom stereocenters. The highest BCUT2D eigenvalue weighted by Gasteiger charge is 2.21. The minimum absolute atomic E-state index is 0.157. The number of benzene rings is 1. The molecule has 3 rings (SSSR count). The molecule has 0 saturated carbocycles. The van der Waals surface area contributed by atoms with Gasteiger partial charge < -0.3 is 15.0 Å². The fraction of sp³-hybridized carbons (Fsp3) is 0.105. The number of ether oxygens (including phenoxy) is 1. The van der Waals surface area contributed by atoms with Crippen LogP contribution in [-0.2, 0) is 0 Å². The van der Waals surface area contributed by atoms with Crippen molar-refractivity contribution < 1.29 is 22.7 Å². The maximum atomic E-state index is 14.2. The second-order valence-electron chi connectivity index (χ2n) is 5.69. The van der Waals surface area contributed by atoms with Crippen molar-refractivity contribution in [2.45, 2.75) is 6.04 Å². The Morgan fingerprint density at radius 2 is 2.00 bits per heavy atom. The molecule has 0 bridgehead atoms. The molecule has 1 aromatic carbocycles. The summed E-state index contributed by atoms with van der Waals surface area (Å²) in [6, 6.07) is 7.77. The van der Waals surface area contributed by atoms with Gasteiger partial charge >= 0.3 is 0 Å². The van der Waals surface area contributed by atoms with Crippen molar-refractivity contribution in [2.75, 3.05) is 6.86 Å². The molecule has 0 fully saturated rings. The molecule has 0 spiro atoms. The van der Waals surface area contributed by atoms with Gasteiger partial charge in [-0.2, -0.15) is 0 Å². The highest BCUT2D eigenvalue weighted by Crippen LogP contribution is 2.26. The Kier molecular flexibility index (Phi) is 5.73. The number of hydrogen-bond donors (Lipinski definition) is 2. The molecule has 2 heterocycles. The Hall–Kier alpha value is -3.62. The van der Waals surface area contributed by atoms with E-state index >= 15 is 0 Å². The number of pyridine rings is 2. The molecule has 0 saturated heterocycles. The highest BCUT2D eigenvalue weighted by molar-refractivity contribution is 5.94. The third kappa shape index (κ3) is 4.37. The zero-order valence-corrected chi connectivity index (χ0v) is 14.3. The second kappa shape index (κ2) is 8.38. The van der Waals surface area contributed by atoms with E-state index in [9.17, 15) is 22.8 Å². The first-order valence-electron chi connectivity index (χ1n) is 8.07. The van der Waals surface area contributed by atoms with Gasteiger partial charge in [0.2, 0.25) is 12.4 Å². The lowest BCUT2D eigenvalue weighted by atomic mass is 10.0. The fourth-order valence-corrected chi connectivity index (χ4v) is 2.52. The van der Waals surface area contributed by atoms with Crippen LogP contribution in [0.3, 0.4) is 0 Å². The summed E-state index contributed by atoms with van der Waals surface area (Å²) in [6.45, 7) is -1.19. The number of alkyl halides is 1. The monoisotopic (exact) mass is 389 g/mol. The molecule has 0 radical (unpaired) electrons. The predicted octanol–water partition coefficient (Wildman–Crippen LogP) is 2.87. The Bertz CT molecular complexity index is 1020. The molecule has 9 heteroatoms. The van der Waals surface area contributed by atoms with E-state index < -0.39 is 30.4 Å². The Balaban J connectivity index is 1.96. The smallest absolute Gasteiger partial charge is 0.253 e. The van der Waals surface area contributed by atoms with E-state index in [0.717, 1.165) is 18.3 Å². The lowest BCUT2D eigenvalue weighted by Crippen LogP contribution is -2.30. The molecule has 6 nitrogen and oxygen atoms in total. The number of aromatic nitrogens is 2. The van der Waals surface area contributed by atoms with Crippen molar-refractivity contribution in [1.82, 2.24) is 15.3 Å². The lowest BCUT2D eigenvalue weighted by Gasteiger charge is -2.19. The standard InChI is InChI=1S/C19H14F3N3O3/c20-10-28-16-5-1-11(7-14(16)22)18(15-4-3-13(21)9-23-15)25-19(27)12-2-6-17(26)24-8-12/h1-9,18H,10H2,(H,24,26)(H,25,27)/t18-/m0/s1. The van der Waals surface area contributed by atoms with Crippen LogP contribution >= 0.6 is 0 Å². The molecule has 1 amide bonds. The van der Waals surface area contributed by atoms with Gasteiger partial charge in [0.15, 0.2) is 11.6 Å². The topological polar surface area (TPSA) is 84.1 Å². The molecular weight excluding hydrogens is 375 g/mol. The summed E-state index contributed by atoms with van der Waals surface area (Å²) < 4.78 is 44.2. The molecule has 0 aliphatic rings. The van der Waals surface area contributed by atoms with Crippen molar-refractivity contribution >= 4 is 5.91 Å². The lowest BCUT2D eigenvalue weighted by molar-refractivity contribution is 0.0942. The Labute approximate surface area is 157 Å². The van der Waals surface area contributed by atoms with Crippen LogP contribution in [0.4, 0.5) is 13.2 Å². The molecule has 2 aromatic heterocycles. The molecular formula is C19H14F3N3O3. The number of nitrogens with one attached hydrogen (secondary N) is 2. The summed E-state index contributed by atoms with van der Waals surface area (Å²) in [4.78, 5) is 30.0. The quantitative estimate of drug-likeness (QED) is 0.679. The fourth-order valence-electron chi connectivity index (χ4n) is 2.52. The minimum Gasteiger partial charge on any atom is -0.460 e. The maximum absolute atomic E-state index is 14.2. The summed E-state index contributed by atoms with van der Waals surface area (Å²) in [7, 11) is 0. The van der Waals surface area contributed by atoms with E-state index in [1.54, 1.807) is 0 Å². The van der Waals surface area contributed by atoms with E-state index in [4.69, 9.17) is 0 Å². The number of halogens is 3. The van der Waals surface area contributed by atoms with Gasteiger partial charge in [0.05, 0.1) is 23.5 Å². The molecule has 2 N–H and O–H groups in total. The number of nitrogens with zero attached hydrogens (tertiary/aromatic N) is 1. The molecule has 3 aromatic rings. The summed E-state index contributed by atoms with van der Waals surface area (Å²) >= 11 is 0. The second-order valence-corrected chi connectivity index (χ2v) is 5.69. The highest BCUT2D eigenvalue weighted by atomic mass is 19.1. The number of amides is 1. The normalized spacial score (nSPS) is 11.7. The van der Waals surface area contributed by atoms with Crippen LogP contribution in [0.5, 0.6) is 5.75 Å². The van der Waals surface area contributed by atoms with Gasteiger partial charge in [0.25, 0.3) is 5.91 Å². The van der Waals surface area contributed by atoms with E-state index in [0.29, 0.717) is 0 Å². The average Bonchev–Trinajstić information content (AvgIpc) is 2.69. The van der Waals surface area contributed by atoms with Crippen LogP contribution in [0.2, 0.25) is 0 Å². The molecule has 28 heavy (non-hydrogen) atoms. The van der Waals surface area contributed by atoms with E-state index in [2.05, 4.69) is 20.0 Å². The van der Waals surface area contributed by atoms with Crippen molar-refractivity contribution in [3.05, 3.63) is 93.7 Å². The van der Waals surface area contributed by atoms with Gasteiger partial charge in [-0.15, -0.1) is 0 Å². The summed E-state index contributed by atoms with van der Waals surface area (Å²) in [5, 5.41) is 2.66. The van der Waals surface area contributed by atoms with Crippen molar-refractivity contribution in [3.63, 3.8) is 0 Å². The summed E-state index contributed by atoms with van der Waals surface area (Å²) in [5.41, 5.74) is 0.307. The van der Waals surface area contributed by atoms with Gasteiger partial charge in [-0.3, -0.25) is 14.6 Å². The largest absolute Gasteiger partial charge is 0.460 e. The SMILES string of the molecule is O=C(N[C@@H](c1ccc(OCF)c(F)c1)c1ccc(F)cn1)c1ccc(=O)[nH]c1. The number of carbonyl (C=O) groups excluding carboxylic acids is 1. The number of H-pyrrole nitrogens is 1. The van der Waals surface area contributed by atoms with Gasteiger partial charge in [0, 0.05) is 12.3 Å². The van der Waals surface area contributed by atoms with Gasteiger partial charge in [0.1, 0.15) is 5.82 Å². The minimum atomic E-state index is -1.19. The van der Waals surface area contributed by atoms with Crippen molar-refractivity contribution in [2.24, 2.45) is 0 Å². The number of aromatic amines is 1. The third-order valence-electron chi connectivity index (χ3n) is 3.87. The van der Waals surface area contributed by atoms with Crippen LogP contribution in [0, 0.1) is 11.6 Å². The number of rotatable bonds is 6. The Morgan fingerprint density at radius 1 is 1.18 bits per heavy atom. The van der Waals surface area contributed by atoms with E-state index in [1.165, 1.54) is 36.5 Å². The van der Waals surface area contributed by atoms with Gasteiger partial charge in [-0.1, -0.05) is 6.07 Å². The number of hydrogen-bond acceptors (Lipinski definition) is 4. The van der Waals surface area contributed by atoms with Gasteiger partial charge in [-0.05, 0) is 35.9 Å². The first-order valence-corrected chi connectivity index (χ1v) is 8.07. The molecule has 0 unspecified atom stereocenters. The molecule has 0 aliphatic heterocycles. The van der Waals surface area contributed by atoms with Gasteiger partial charge in [-0.25, -0.2) is 13.2 Å². The third-order valence-corrected chi connectivity index (χ3v) is 3.87. The maximum Gasteiger partial charge on any atom is 0.253 e. The van der Waals surface area contributed by atoms with Crippen LogP contribution in [-0.4, -0.2) is 22.7 Å². The summed E-state index contributed by atoms with van der Waals surface area (Å²) in [6.07, 6.45) is 2.19.